The van der Waals surface area contributed by atoms with Crippen LogP contribution in [0.25, 0.3) is 0 Å². The summed E-state index contributed by atoms with van der Waals surface area (Å²) >= 11 is 7.28. The van der Waals surface area contributed by atoms with Crippen LogP contribution < -0.4 is 0 Å². The molecule has 0 aliphatic heterocycles. The maximum Gasteiger partial charge on any atom is 0.272 e. The molecule has 0 N–H and O–H groups in total. The van der Waals surface area contributed by atoms with Crippen molar-refractivity contribution in [3.05, 3.63) is 19.2 Å². The minimum Gasteiger partial charge on any atom is -0.204 e. The monoisotopic (exact) mass is 290 g/mol. The molecule has 0 radical (unpaired) electrons. The maximum absolute atomic E-state index is 11.9. The first-order valence-electron chi connectivity index (χ1n) is 2.34. The molecule has 0 spiro atoms. The molecule has 0 saturated heterocycles. The van der Waals surface area contributed by atoms with Crippen molar-refractivity contribution in [1.29, 1.82) is 0 Å². The molecular weight excluding hydrogens is 290 g/mol. The van der Waals surface area contributed by atoms with Gasteiger partial charge in [-0.1, -0.05) is 0 Å². The summed E-state index contributed by atoms with van der Waals surface area (Å²) in [4.78, 5) is 0.0822. The molecule has 0 aromatic carbocycles. The van der Waals surface area contributed by atoms with Gasteiger partial charge in [-0.05, 0) is 37.9 Å². The third-order valence-corrected chi connectivity index (χ3v) is 4.14. The lowest BCUT2D eigenvalue weighted by molar-refractivity contribution is 0.155. The Bertz CT molecular complexity index is 214. The SMILES string of the molecule is FC(F)c1cc(Br)c(Br)s1. The van der Waals surface area contributed by atoms with Crippen molar-refractivity contribution in [3.8, 4) is 0 Å². The second kappa shape index (κ2) is 3.28. The lowest BCUT2D eigenvalue weighted by atomic mass is 10.5. The van der Waals surface area contributed by atoms with Gasteiger partial charge in [0.15, 0.2) is 0 Å². The van der Waals surface area contributed by atoms with E-state index in [4.69, 9.17) is 0 Å². The summed E-state index contributed by atoms with van der Waals surface area (Å²) in [5.41, 5.74) is 0. The molecule has 0 aliphatic carbocycles. The van der Waals surface area contributed by atoms with Gasteiger partial charge in [0.25, 0.3) is 6.43 Å². The summed E-state index contributed by atoms with van der Waals surface area (Å²) in [6, 6.07) is 1.42. The highest BCUT2D eigenvalue weighted by Crippen LogP contribution is 2.36. The van der Waals surface area contributed by atoms with Gasteiger partial charge in [0, 0.05) is 4.47 Å². The van der Waals surface area contributed by atoms with E-state index in [0.29, 0.717) is 8.26 Å². The maximum atomic E-state index is 11.9. The van der Waals surface area contributed by atoms with Crippen LogP contribution >= 0.6 is 43.2 Å². The van der Waals surface area contributed by atoms with E-state index in [9.17, 15) is 8.78 Å². The second-order valence-electron chi connectivity index (χ2n) is 1.57. The second-order valence-corrected chi connectivity index (χ2v) is 4.83. The molecule has 1 aromatic rings. The molecule has 1 heterocycles. The Morgan fingerprint density at radius 2 is 2.00 bits per heavy atom. The average Bonchev–Trinajstić information content (AvgIpc) is 2.13. The topological polar surface area (TPSA) is 0 Å². The predicted octanol–water partition coefficient (Wildman–Crippen LogP) is 4.21. The smallest absolute Gasteiger partial charge is 0.204 e. The Kier molecular flexibility index (Phi) is 2.82. The Morgan fingerprint density at radius 1 is 1.40 bits per heavy atom. The van der Waals surface area contributed by atoms with Gasteiger partial charge in [0.1, 0.15) is 0 Å². The van der Waals surface area contributed by atoms with Crippen LogP contribution in [0.5, 0.6) is 0 Å². The van der Waals surface area contributed by atoms with Crippen LogP contribution in [0.1, 0.15) is 11.3 Å². The average molecular weight is 292 g/mol. The van der Waals surface area contributed by atoms with Crippen LogP contribution in [-0.2, 0) is 0 Å². The summed E-state index contributed by atoms with van der Waals surface area (Å²) in [5, 5.41) is 0. The normalized spacial score (nSPS) is 10.9. The lowest BCUT2D eigenvalue weighted by Crippen LogP contribution is -1.72. The minimum atomic E-state index is -2.37. The molecule has 0 fully saturated rings. The van der Waals surface area contributed by atoms with E-state index in [1.54, 1.807) is 0 Å². The molecule has 0 atom stereocenters. The van der Waals surface area contributed by atoms with E-state index >= 15 is 0 Å². The summed E-state index contributed by atoms with van der Waals surface area (Å²) in [7, 11) is 0. The zero-order valence-electron chi connectivity index (χ0n) is 4.57. The summed E-state index contributed by atoms with van der Waals surface area (Å²) in [5.74, 6) is 0. The fraction of sp³-hybridized carbons (Fsp3) is 0.200. The number of alkyl halides is 2. The van der Waals surface area contributed by atoms with Crippen molar-refractivity contribution < 1.29 is 8.78 Å². The molecule has 10 heavy (non-hydrogen) atoms. The third kappa shape index (κ3) is 1.77. The molecule has 1 aromatic heterocycles. The first-order chi connectivity index (χ1) is 4.61. The summed E-state index contributed by atoms with van der Waals surface area (Å²) < 4.78 is 25.3. The van der Waals surface area contributed by atoms with E-state index < -0.39 is 6.43 Å². The van der Waals surface area contributed by atoms with E-state index in [2.05, 4.69) is 31.9 Å². The van der Waals surface area contributed by atoms with Crippen LogP contribution in [0.3, 0.4) is 0 Å². The Morgan fingerprint density at radius 3 is 2.20 bits per heavy atom. The van der Waals surface area contributed by atoms with Crippen LogP contribution in [0.15, 0.2) is 14.3 Å². The van der Waals surface area contributed by atoms with E-state index in [-0.39, 0.29) is 4.88 Å². The van der Waals surface area contributed by atoms with Gasteiger partial charge in [0.05, 0.1) is 8.66 Å². The highest BCUT2D eigenvalue weighted by molar-refractivity contribution is 9.13. The molecule has 0 bridgehead atoms. The van der Waals surface area contributed by atoms with Crippen LogP contribution in [0.4, 0.5) is 8.78 Å². The van der Waals surface area contributed by atoms with Crippen molar-refractivity contribution in [2.24, 2.45) is 0 Å². The van der Waals surface area contributed by atoms with Gasteiger partial charge in [-0.25, -0.2) is 8.78 Å². The first kappa shape index (κ1) is 8.62. The fourth-order valence-electron chi connectivity index (χ4n) is 0.471. The molecule has 0 nitrogen and oxygen atoms in total. The van der Waals surface area contributed by atoms with Crippen molar-refractivity contribution in [2.45, 2.75) is 6.43 Å². The van der Waals surface area contributed by atoms with Crippen LogP contribution in [0, 0.1) is 0 Å². The molecule has 56 valence electrons. The Labute approximate surface area is 77.5 Å². The highest BCUT2D eigenvalue weighted by Gasteiger charge is 2.12. The van der Waals surface area contributed by atoms with Crippen molar-refractivity contribution in [1.82, 2.24) is 0 Å². The number of hydrogen-bond donors (Lipinski definition) is 0. The van der Waals surface area contributed by atoms with Crippen LogP contribution in [0.2, 0.25) is 0 Å². The van der Waals surface area contributed by atoms with Gasteiger partial charge in [-0.15, -0.1) is 11.3 Å². The van der Waals surface area contributed by atoms with Gasteiger partial charge in [-0.2, -0.15) is 0 Å². The van der Waals surface area contributed by atoms with Gasteiger partial charge in [-0.3, -0.25) is 0 Å². The van der Waals surface area contributed by atoms with Crippen molar-refractivity contribution in [3.63, 3.8) is 0 Å². The summed E-state index contributed by atoms with van der Waals surface area (Å²) in [6.07, 6.45) is -2.37. The van der Waals surface area contributed by atoms with Gasteiger partial charge < -0.3 is 0 Å². The first-order valence-corrected chi connectivity index (χ1v) is 4.74. The van der Waals surface area contributed by atoms with Crippen LogP contribution in [-0.4, -0.2) is 0 Å². The number of halogens is 4. The number of hydrogen-bond acceptors (Lipinski definition) is 1. The Hall–Kier alpha value is 0.520. The molecule has 1 rings (SSSR count). The standard InChI is InChI=1S/C5H2Br2F2S/c6-2-1-3(5(8)9)10-4(2)7/h1,5H. The van der Waals surface area contributed by atoms with Crippen molar-refractivity contribution in [2.75, 3.05) is 0 Å². The zero-order chi connectivity index (χ0) is 7.72. The van der Waals surface area contributed by atoms with Crippen molar-refractivity contribution >= 4 is 43.2 Å². The third-order valence-electron chi connectivity index (χ3n) is 0.879. The molecule has 5 heteroatoms. The largest absolute Gasteiger partial charge is 0.272 e. The number of rotatable bonds is 1. The Balaban J connectivity index is 2.98. The minimum absolute atomic E-state index is 0.0822. The van der Waals surface area contributed by atoms with Gasteiger partial charge >= 0.3 is 0 Å². The zero-order valence-corrected chi connectivity index (χ0v) is 8.56. The molecule has 0 amide bonds. The van der Waals surface area contributed by atoms with Gasteiger partial charge in [0.2, 0.25) is 0 Å². The molecular formula is C5H2Br2F2S. The molecule has 0 unspecified atom stereocenters. The predicted molar refractivity (Wildman–Crippen MR) is 44.7 cm³/mol. The van der Waals surface area contributed by atoms with E-state index in [1.165, 1.54) is 6.07 Å². The highest BCUT2D eigenvalue weighted by atomic mass is 79.9. The number of thiophene rings is 1. The van der Waals surface area contributed by atoms with E-state index in [1.807, 2.05) is 0 Å². The lowest BCUT2D eigenvalue weighted by Gasteiger charge is -1.87. The summed E-state index contributed by atoms with van der Waals surface area (Å²) in [6.45, 7) is 0. The quantitative estimate of drug-likeness (QED) is 0.727. The molecule has 0 aliphatic rings. The van der Waals surface area contributed by atoms with E-state index in [0.717, 1.165) is 11.3 Å². The molecule has 0 saturated carbocycles. The fourth-order valence-corrected chi connectivity index (χ4v) is 2.42.